The number of aromatic nitrogens is 1. The normalized spacial score (nSPS) is 19.8. The van der Waals surface area contributed by atoms with E-state index >= 15 is 0 Å². The Kier molecular flexibility index (Phi) is 5.17. The maximum atomic E-state index is 14.0. The quantitative estimate of drug-likeness (QED) is 0.806. The van der Waals surface area contributed by atoms with Gasteiger partial charge in [0.2, 0.25) is 10.0 Å². The SMILES string of the molecule is Cc1noc(C)c1S(=O)(=O)N1CCSC(c2cc(F)ccc2F)CC1. The highest BCUT2D eigenvalue weighted by Gasteiger charge is 2.33. The van der Waals surface area contributed by atoms with Crippen molar-refractivity contribution >= 4 is 21.8 Å². The first-order chi connectivity index (χ1) is 11.8. The number of rotatable bonds is 3. The molecule has 136 valence electrons. The van der Waals surface area contributed by atoms with Gasteiger partial charge in [0.25, 0.3) is 0 Å². The molecule has 5 nitrogen and oxygen atoms in total. The summed E-state index contributed by atoms with van der Waals surface area (Å²) in [6, 6.07) is 3.37. The fraction of sp³-hybridized carbons (Fsp3) is 0.438. The number of aryl methyl sites for hydroxylation is 2. The number of hydrogen-bond acceptors (Lipinski definition) is 5. The van der Waals surface area contributed by atoms with Crippen molar-refractivity contribution in [3.63, 3.8) is 0 Å². The van der Waals surface area contributed by atoms with E-state index in [1.165, 1.54) is 22.1 Å². The monoisotopic (exact) mass is 388 g/mol. The van der Waals surface area contributed by atoms with Crippen molar-refractivity contribution in [3.05, 3.63) is 46.9 Å². The fourth-order valence-electron chi connectivity index (χ4n) is 2.97. The minimum absolute atomic E-state index is 0.0906. The van der Waals surface area contributed by atoms with Crippen LogP contribution in [0.4, 0.5) is 8.78 Å². The number of halogens is 2. The van der Waals surface area contributed by atoms with Crippen molar-refractivity contribution in [3.8, 4) is 0 Å². The van der Waals surface area contributed by atoms with Crippen molar-refractivity contribution in [2.75, 3.05) is 18.8 Å². The first-order valence-corrected chi connectivity index (χ1v) is 10.3. The maximum absolute atomic E-state index is 14.0. The second-order valence-electron chi connectivity index (χ2n) is 5.87. The third-order valence-electron chi connectivity index (χ3n) is 4.17. The van der Waals surface area contributed by atoms with Crippen LogP contribution in [0.3, 0.4) is 0 Å². The van der Waals surface area contributed by atoms with Gasteiger partial charge >= 0.3 is 0 Å². The molecule has 0 bridgehead atoms. The largest absolute Gasteiger partial charge is 0.360 e. The second-order valence-corrected chi connectivity index (χ2v) is 9.06. The van der Waals surface area contributed by atoms with Gasteiger partial charge in [-0.2, -0.15) is 16.1 Å². The Morgan fingerprint density at radius 2 is 2.04 bits per heavy atom. The van der Waals surface area contributed by atoms with Gasteiger partial charge < -0.3 is 4.52 Å². The Bertz CT molecular complexity index is 864. The zero-order valence-corrected chi connectivity index (χ0v) is 15.5. The lowest BCUT2D eigenvalue weighted by Gasteiger charge is -2.19. The van der Waals surface area contributed by atoms with Gasteiger partial charge in [0.05, 0.1) is 0 Å². The molecule has 1 saturated heterocycles. The molecule has 1 aliphatic heterocycles. The summed E-state index contributed by atoms with van der Waals surface area (Å²) in [6.07, 6.45) is 0.396. The average molecular weight is 388 g/mol. The molecule has 2 heterocycles. The van der Waals surface area contributed by atoms with Crippen LogP contribution in [-0.4, -0.2) is 36.7 Å². The highest BCUT2D eigenvalue weighted by molar-refractivity contribution is 7.99. The summed E-state index contributed by atoms with van der Waals surface area (Å²) in [6.45, 7) is 3.66. The van der Waals surface area contributed by atoms with Gasteiger partial charge in [0.15, 0.2) is 5.76 Å². The van der Waals surface area contributed by atoms with Crippen LogP contribution in [0.15, 0.2) is 27.6 Å². The lowest BCUT2D eigenvalue weighted by atomic mass is 10.1. The summed E-state index contributed by atoms with van der Waals surface area (Å²) in [4.78, 5) is 0.0906. The molecule has 1 aromatic carbocycles. The first kappa shape index (κ1) is 18.3. The van der Waals surface area contributed by atoms with Crippen molar-refractivity contribution in [1.29, 1.82) is 0 Å². The van der Waals surface area contributed by atoms with Crippen molar-refractivity contribution in [2.24, 2.45) is 0 Å². The van der Waals surface area contributed by atoms with E-state index in [2.05, 4.69) is 5.16 Å². The molecule has 1 atom stereocenters. The topological polar surface area (TPSA) is 63.4 Å². The number of thioether (sulfide) groups is 1. The molecule has 3 rings (SSSR count). The molecule has 1 aromatic heterocycles. The molecule has 0 amide bonds. The summed E-state index contributed by atoms with van der Waals surface area (Å²) < 4.78 is 59.6. The van der Waals surface area contributed by atoms with Crippen LogP contribution in [0.1, 0.15) is 28.7 Å². The van der Waals surface area contributed by atoms with E-state index < -0.39 is 21.7 Å². The van der Waals surface area contributed by atoms with Crippen LogP contribution < -0.4 is 0 Å². The summed E-state index contributed by atoms with van der Waals surface area (Å²) in [5.74, 6) is -0.229. The smallest absolute Gasteiger partial charge is 0.248 e. The Morgan fingerprint density at radius 1 is 1.28 bits per heavy atom. The number of nitrogens with zero attached hydrogens (tertiary/aromatic N) is 2. The predicted molar refractivity (Wildman–Crippen MR) is 90.9 cm³/mol. The lowest BCUT2D eigenvalue weighted by Crippen LogP contribution is -2.33. The third kappa shape index (κ3) is 3.58. The van der Waals surface area contributed by atoms with Crippen LogP contribution in [0.25, 0.3) is 0 Å². The number of benzene rings is 1. The molecule has 2 aromatic rings. The van der Waals surface area contributed by atoms with Crippen molar-refractivity contribution in [1.82, 2.24) is 9.46 Å². The van der Waals surface area contributed by atoms with E-state index in [-0.39, 0.29) is 28.0 Å². The van der Waals surface area contributed by atoms with E-state index in [1.54, 1.807) is 13.8 Å². The summed E-state index contributed by atoms with van der Waals surface area (Å²) in [7, 11) is -3.73. The highest BCUT2D eigenvalue weighted by atomic mass is 32.2. The minimum Gasteiger partial charge on any atom is -0.360 e. The molecule has 0 aliphatic carbocycles. The van der Waals surface area contributed by atoms with Gasteiger partial charge in [-0.1, -0.05) is 5.16 Å². The number of sulfonamides is 1. The Morgan fingerprint density at radius 3 is 2.72 bits per heavy atom. The Hall–Kier alpha value is -1.45. The molecule has 1 aliphatic rings. The zero-order chi connectivity index (χ0) is 18.2. The molecular formula is C16H18F2N2O3S2. The van der Waals surface area contributed by atoms with Crippen molar-refractivity contribution < 1.29 is 21.7 Å². The minimum atomic E-state index is -3.73. The Balaban J connectivity index is 1.83. The average Bonchev–Trinajstić information content (AvgIpc) is 2.76. The summed E-state index contributed by atoms with van der Waals surface area (Å²) >= 11 is 1.43. The maximum Gasteiger partial charge on any atom is 0.248 e. The standard InChI is InChI=1S/C16H18F2N2O3S2/c1-10-16(11(2)23-19-10)25(21,22)20-6-5-15(24-8-7-20)13-9-12(17)3-4-14(13)18/h3-4,9,15H,5-8H2,1-2H3. The fourth-order valence-corrected chi connectivity index (χ4v) is 6.08. The molecule has 0 N–H and O–H groups in total. The molecule has 0 spiro atoms. The molecule has 0 saturated carbocycles. The summed E-state index contributed by atoms with van der Waals surface area (Å²) in [5, 5.41) is 3.42. The molecular weight excluding hydrogens is 370 g/mol. The molecule has 0 radical (unpaired) electrons. The molecule has 1 unspecified atom stereocenters. The highest BCUT2D eigenvalue weighted by Crippen LogP contribution is 2.37. The van der Waals surface area contributed by atoms with Gasteiger partial charge in [-0.05, 0) is 38.5 Å². The second kappa shape index (κ2) is 7.05. The molecule has 9 heteroatoms. The molecule has 1 fully saturated rings. The lowest BCUT2D eigenvalue weighted by molar-refractivity contribution is 0.388. The van der Waals surface area contributed by atoms with Crippen LogP contribution in [-0.2, 0) is 10.0 Å². The van der Waals surface area contributed by atoms with Gasteiger partial charge in [-0.3, -0.25) is 0 Å². The van der Waals surface area contributed by atoms with Crippen LogP contribution in [0.5, 0.6) is 0 Å². The van der Waals surface area contributed by atoms with Gasteiger partial charge in [0.1, 0.15) is 22.2 Å². The van der Waals surface area contributed by atoms with Crippen LogP contribution in [0.2, 0.25) is 0 Å². The van der Waals surface area contributed by atoms with E-state index in [1.807, 2.05) is 0 Å². The van der Waals surface area contributed by atoms with E-state index in [0.29, 0.717) is 24.4 Å². The van der Waals surface area contributed by atoms with Gasteiger partial charge in [-0.25, -0.2) is 17.2 Å². The number of hydrogen-bond donors (Lipinski definition) is 0. The van der Waals surface area contributed by atoms with Crippen molar-refractivity contribution in [2.45, 2.75) is 30.4 Å². The first-order valence-electron chi connectivity index (χ1n) is 7.80. The Labute approximate surface area is 149 Å². The van der Waals surface area contributed by atoms with Gasteiger partial charge in [-0.15, -0.1) is 0 Å². The third-order valence-corrected chi connectivity index (χ3v) is 7.63. The van der Waals surface area contributed by atoms with E-state index in [4.69, 9.17) is 4.52 Å². The predicted octanol–water partition coefficient (Wildman–Crippen LogP) is 3.44. The van der Waals surface area contributed by atoms with Gasteiger partial charge in [0, 0.05) is 29.7 Å². The zero-order valence-electron chi connectivity index (χ0n) is 13.8. The summed E-state index contributed by atoms with van der Waals surface area (Å²) in [5.41, 5.74) is 0.601. The van der Waals surface area contributed by atoms with E-state index in [0.717, 1.165) is 12.1 Å². The van der Waals surface area contributed by atoms with Crippen LogP contribution in [0, 0.1) is 25.5 Å². The van der Waals surface area contributed by atoms with E-state index in [9.17, 15) is 17.2 Å². The van der Waals surface area contributed by atoms with Crippen LogP contribution >= 0.6 is 11.8 Å². The molecule has 25 heavy (non-hydrogen) atoms.